The first-order chi connectivity index (χ1) is 7.04. The van der Waals surface area contributed by atoms with E-state index >= 15 is 0 Å². The van der Waals surface area contributed by atoms with E-state index in [2.05, 4.69) is 39.1 Å². The van der Waals surface area contributed by atoms with Gasteiger partial charge in [0.15, 0.2) is 0 Å². The SMILES string of the molecule is CC/C(=C/C(C)CC)C(CC)NC(C)=N. The zero-order valence-corrected chi connectivity index (χ0v) is 10.9. The Hall–Kier alpha value is -0.790. The molecule has 0 fully saturated rings. The molecule has 0 spiro atoms. The number of nitrogens with one attached hydrogen (secondary N) is 2. The summed E-state index contributed by atoms with van der Waals surface area (Å²) < 4.78 is 0. The highest BCUT2D eigenvalue weighted by molar-refractivity contribution is 5.76. The molecule has 0 bridgehead atoms. The summed E-state index contributed by atoms with van der Waals surface area (Å²) in [5.74, 6) is 1.20. The van der Waals surface area contributed by atoms with Crippen LogP contribution in [0.25, 0.3) is 0 Å². The van der Waals surface area contributed by atoms with E-state index in [4.69, 9.17) is 5.41 Å². The van der Waals surface area contributed by atoms with E-state index in [1.54, 1.807) is 6.92 Å². The first kappa shape index (κ1) is 14.2. The first-order valence-corrected chi connectivity index (χ1v) is 6.07. The van der Waals surface area contributed by atoms with Gasteiger partial charge in [0.2, 0.25) is 0 Å². The number of rotatable bonds is 6. The van der Waals surface area contributed by atoms with Crippen molar-refractivity contribution in [2.45, 2.75) is 59.9 Å². The van der Waals surface area contributed by atoms with E-state index in [1.165, 1.54) is 12.0 Å². The van der Waals surface area contributed by atoms with Crippen LogP contribution in [-0.4, -0.2) is 11.9 Å². The minimum absolute atomic E-state index is 0.349. The second-order valence-corrected chi connectivity index (χ2v) is 4.21. The first-order valence-electron chi connectivity index (χ1n) is 6.07. The Balaban J connectivity index is 4.59. The van der Waals surface area contributed by atoms with Crippen molar-refractivity contribution < 1.29 is 0 Å². The van der Waals surface area contributed by atoms with Crippen LogP contribution >= 0.6 is 0 Å². The molecule has 0 rings (SSSR count). The van der Waals surface area contributed by atoms with Gasteiger partial charge in [-0.1, -0.05) is 45.8 Å². The number of allylic oxidation sites excluding steroid dienone is 1. The van der Waals surface area contributed by atoms with E-state index in [1.807, 2.05) is 0 Å². The average Bonchev–Trinajstić information content (AvgIpc) is 2.22. The van der Waals surface area contributed by atoms with Gasteiger partial charge in [-0.25, -0.2) is 0 Å². The summed E-state index contributed by atoms with van der Waals surface area (Å²) in [4.78, 5) is 0. The molecule has 0 amide bonds. The molecule has 0 aromatic heterocycles. The molecule has 2 N–H and O–H groups in total. The van der Waals surface area contributed by atoms with Crippen molar-refractivity contribution in [3.05, 3.63) is 11.6 Å². The highest BCUT2D eigenvalue weighted by Crippen LogP contribution is 2.15. The third-order valence-electron chi connectivity index (χ3n) is 2.80. The number of hydrogen-bond donors (Lipinski definition) is 2. The Morgan fingerprint density at radius 1 is 1.27 bits per heavy atom. The summed E-state index contributed by atoms with van der Waals surface area (Å²) in [5, 5.41) is 10.7. The van der Waals surface area contributed by atoms with Gasteiger partial charge in [-0.05, 0) is 25.7 Å². The number of hydrogen-bond acceptors (Lipinski definition) is 1. The lowest BCUT2D eigenvalue weighted by Crippen LogP contribution is -2.33. The van der Waals surface area contributed by atoms with Crippen molar-refractivity contribution in [1.29, 1.82) is 5.41 Å². The lowest BCUT2D eigenvalue weighted by atomic mass is 9.96. The Morgan fingerprint density at radius 2 is 1.87 bits per heavy atom. The zero-order chi connectivity index (χ0) is 11.8. The van der Waals surface area contributed by atoms with Gasteiger partial charge >= 0.3 is 0 Å². The fourth-order valence-electron chi connectivity index (χ4n) is 1.68. The summed E-state index contributed by atoms with van der Waals surface area (Å²) in [6.07, 6.45) is 5.67. The largest absolute Gasteiger partial charge is 0.368 e. The molecule has 15 heavy (non-hydrogen) atoms. The summed E-state index contributed by atoms with van der Waals surface area (Å²) in [7, 11) is 0. The Kier molecular flexibility index (Phi) is 7.10. The number of amidine groups is 1. The van der Waals surface area contributed by atoms with Gasteiger partial charge in [0.05, 0.1) is 5.84 Å². The van der Waals surface area contributed by atoms with Gasteiger partial charge in [-0.15, -0.1) is 0 Å². The zero-order valence-electron chi connectivity index (χ0n) is 10.9. The van der Waals surface area contributed by atoms with Crippen molar-refractivity contribution in [1.82, 2.24) is 5.32 Å². The fourth-order valence-corrected chi connectivity index (χ4v) is 1.68. The summed E-state index contributed by atoms with van der Waals surface area (Å²) in [6.45, 7) is 10.6. The summed E-state index contributed by atoms with van der Waals surface area (Å²) >= 11 is 0. The molecule has 0 saturated carbocycles. The topological polar surface area (TPSA) is 35.9 Å². The van der Waals surface area contributed by atoms with Crippen LogP contribution in [0.1, 0.15) is 53.9 Å². The Labute approximate surface area is 94.7 Å². The normalized spacial score (nSPS) is 15.9. The van der Waals surface area contributed by atoms with Crippen LogP contribution in [-0.2, 0) is 0 Å². The highest BCUT2D eigenvalue weighted by Gasteiger charge is 2.11. The standard InChI is InChI=1S/C13H26N2/c1-6-10(4)9-12(7-2)13(8-3)15-11(5)14/h9-10,13H,6-8H2,1-5H3,(H2,14,15)/b12-9-. The van der Waals surface area contributed by atoms with Crippen LogP contribution in [0.5, 0.6) is 0 Å². The Bertz CT molecular complexity index is 219. The Morgan fingerprint density at radius 3 is 2.20 bits per heavy atom. The second-order valence-electron chi connectivity index (χ2n) is 4.21. The van der Waals surface area contributed by atoms with E-state index < -0.39 is 0 Å². The van der Waals surface area contributed by atoms with Crippen molar-refractivity contribution in [2.75, 3.05) is 0 Å². The molecule has 2 heteroatoms. The minimum Gasteiger partial charge on any atom is -0.368 e. The van der Waals surface area contributed by atoms with Gasteiger partial charge in [-0.3, -0.25) is 5.41 Å². The molecule has 2 atom stereocenters. The van der Waals surface area contributed by atoms with Crippen LogP contribution in [0.2, 0.25) is 0 Å². The maximum absolute atomic E-state index is 7.49. The predicted octanol–water partition coefficient (Wildman–Crippen LogP) is 3.73. The maximum atomic E-state index is 7.49. The third kappa shape index (κ3) is 5.60. The van der Waals surface area contributed by atoms with Crippen LogP contribution in [0.4, 0.5) is 0 Å². The van der Waals surface area contributed by atoms with E-state index in [-0.39, 0.29) is 0 Å². The van der Waals surface area contributed by atoms with Gasteiger partial charge in [0.25, 0.3) is 0 Å². The molecule has 0 aliphatic carbocycles. The molecule has 2 nitrogen and oxygen atoms in total. The molecule has 0 saturated heterocycles. The quantitative estimate of drug-likeness (QED) is 0.391. The summed E-state index contributed by atoms with van der Waals surface area (Å²) in [5.41, 5.74) is 1.44. The lowest BCUT2D eigenvalue weighted by molar-refractivity contribution is 0.617. The molecular formula is C13H26N2. The lowest BCUT2D eigenvalue weighted by Gasteiger charge is -2.21. The van der Waals surface area contributed by atoms with E-state index in [9.17, 15) is 0 Å². The fraction of sp³-hybridized carbons (Fsp3) is 0.769. The van der Waals surface area contributed by atoms with Crippen molar-refractivity contribution >= 4 is 5.84 Å². The van der Waals surface area contributed by atoms with Crippen LogP contribution < -0.4 is 5.32 Å². The monoisotopic (exact) mass is 210 g/mol. The third-order valence-corrected chi connectivity index (χ3v) is 2.80. The predicted molar refractivity (Wildman–Crippen MR) is 68.4 cm³/mol. The molecule has 2 unspecified atom stereocenters. The summed E-state index contributed by atoms with van der Waals surface area (Å²) in [6, 6.07) is 0.349. The molecule has 0 aliphatic heterocycles. The van der Waals surface area contributed by atoms with Gasteiger partial charge in [-0.2, -0.15) is 0 Å². The van der Waals surface area contributed by atoms with Crippen LogP contribution in [0.3, 0.4) is 0 Å². The molecular weight excluding hydrogens is 184 g/mol. The molecule has 0 aromatic carbocycles. The average molecular weight is 210 g/mol. The van der Waals surface area contributed by atoms with Crippen LogP contribution in [0.15, 0.2) is 11.6 Å². The smallest absolute Gasteiger partial charge is 0.0904 e. The molecule has 88 valence electrons. The molecule has 0 aliphatic rings. The molecule has 0 radical (unpaired) electrons. The van der Waals surface area contributed by atoms with Crippen LogP contribution in [0, 0.1) is 11.3 Å². The maximum Gasteiger partial charge on any atom is 0.0904 e. The van der Waals surface area contributed by atoms with Crippen molar-refractivity contribution in [3.63, 3.8) is 0 Å². The van der Waals surface area contributed by atoms with Gasteiger partial charge < -0.3 is 5.32 Å². The second kappa shape index (κ2) is 7.49. The van der Waals surface area contributed by atoms with Gasteiger partial charge in [0.1, 0.15) is 0 Å². The highest BCUT2D eigenvalue weighted by atomic mass is 15.0. The van der Waals surface area contributed by atoms with Gasteiger partial charge in [0, 0.05) is 6.04 Å². The minimum atomic E-state index is 0.349. The molecule has 0 heterocycles. The van der Waals surface area contributed by atoms with E-state index in [0.717, 1.165) is 12.8 Å². The van der Waals surface area contributed by atoms with E-state index in [0.29, 0.717) is 17.8 Å². The molecule has 0 aromatic rings. The van der Waals surface area contributed by atoms with Crippen molar-refractivity contribution in [3.8, 4) is 0 Å². The van der Waals surface area contributed by atoms with Crippen molar-refractivity contribution in [2.24, 2.45) is 5.92 Å².